The first-order valence-corrected chi connectivity index (χ1v) is 9.41. The minimum Gasteiger partial charge on any atom is -0.481 e. The van der Waals surface area contributed by atoms with Gasteiger partial charge >= 0.3 is 0 Å². The van der Waals surface area contributed by atoms with Crippen molar-refractivity contribution in [1.82, 2.24) is 9.88 Å². The van der Waals surface area contributed by atoms with Gasteiger partial charge in [-0.05, 0) is 44.0 Å². The molecule has 0 radical (unpaired) electrons. The predicted molar refractivity (Wildman–Crippen MR) is 99.8 cm³/mol. The zero-order chi connectivity index (χ0) is 17.2. The molecule has 1 fully saturated rings. The lowest BCUT2D eigenvalue weighted by atomic mass is 10.2. The fourth-order valence-corrected chi connectivity index (χ4v) is 4.42. The van der Waals surface area contributed by atoms with E-state index in [0.29, 0.717) is 0 Å². The van der Waals surface area contributed by atoms with E-state index >= 15 is 0 Å². The fraction of sp³-hybridized carbons (Fsp3) is 0.300. The normalized spacial score (nSPS) is 18.4. The average molecular weight is 352 g/mol. The molecular formula is C20H20N2O2S. The van der Waals surface area contributed by atoms with E-state index in [1.165, 1.54) is 4.70 Å². The zero-order valence-corrected chi connectivity index (χ0v) is 14.9. The number of likely N-dealkylation sites (tertiary alicyclic amines) is 1. The second kappa shape index (κ2) is 6.84. The van der Waals surface area contributed by atoms with Gasteiger partial charge in [-0.25, -0.2) is 4.98 Å². The first-order chi connectivity index (χ1) is 12.2. The summed E-state index contributed by atoms with van der Waals surface area (Å²) in [5.74, 6) is 0.754. The molecule has 3 aromatic rings. The molecule has 4 rings (SSSR count). The molecule has 0 saturated carbocycles. The molecule has 1 saturated heterocycles. The number of amides is 1. The number of benzene rings is 2. The maximum absolute atomic E-state index is 12.9. The van der Waals surface area contributed by atoms with Crippen LogP contribution in [-0.4, -0.2) is 28.4 Å². The topological polar surface area (TPSA) is 42.4 Å². The molecule has 1 aromatic heterocycles. The Bertz CT molecular complexity index is 845. The van der Waals surface area contributed by atoms with Crippen LogP contribution in [-0.2, 0) is 4.79 Å². The summed E-state index contributed by atoms with van der Waals surface area (Å²) < 4.78 is 7.00. The van der Waals surface area contributed by atoms with Crippen LogP contribution in [0.2, 0.25) is 0 Å². The van der Waals surface area contributed by atoms with Crippen molar-refractivity contribution in [2.24, 2.45) is 0 Å². The number of nitrogens with zero attached hydrogens (tertiary/aromatic N) is 2. The van der Waals surface area contributed by atoms with Gasteiger partial charge in [0.1, 0.15) is 10.8 Å². The molecule has 4 nitrogen and oxygen atoms in total. The van der Waals surface area contributed by atoms with Crippen molar-refractivity contribution in [2.45, 2.75) is 31.9 Å². The maximum Gasteiger partial charge on any atom is 0.263 e. The SMILES string of the molecule is CC(Oc1ccccc1)C(=O)N1CCCC1c1nc2ccccc2s1. The lowest BCUT2D eigenvalue weighted by Crippen LogP contribution is -2.40. The molecule has 0 spiro atoms. The van der Waals surface area contributed by atoms with E-state index in [2.05, 4.69) is 6.07 Å². The van der Waals surface area contributed by atoms with Crippen molar-refractivity contribution in [1.29, 1.82) is 0 Å². The fourth-order valence-electron chi connectivity index (χ4n) is 3.31. The average Bonchev–Trinajstić information content (AvgIpc) is 3.28. The zero-order valence-electron chi connectivity index (χ0n) is 14.1. The van der Waals surface area contributed by atoms with Gasteiger partial charge in [0.25, 0.3) is 5.91 Å². The second-order valence-electron chi connectivity index (χ2n) is 6.28. The van der Waals surface area contributed by atoms with Crippen LogP contribution in [0, 0.1) is 0 Å². The molecule has 0 N–H and O–H groups in total. The molecule has 1 aliphatic heterocycles. The summed E-state index contributed by atoms with van der Waals surface area (Å²) in [7, 11) is 0. The predicted octanol–water partition coefficient (Wildman–Crippen LogP) is 4.43. The molecule has 2 heterocycles. The van der Waals surface area contributed by atoms with Crippen molar-refractivity contribution in [2.75, 3.05) is 6.54 Å². The highest BCUT2D eigenvalue weighted by Gasteiger charge is 2.35. The smallest absolute Gasteiger partial charge is 0.263 e. The van der Waals surface area contributed by atoms with E-state index < -0.39 is 6.10 Å². The van der Waals surface area contributed by atoms with Crippen molar-refractivity contribution in [3.05, 3.63) is 59.6 Å². The van der Waals surface area contributed by atoms with Crippen LogP contribution in [0.25, 0.3) is 10.2 Å². The number of aromatic nitrogens is 1. The first-order valence-electron chi connectivity index (χ1n) is 8.60. The summed E-state index contributed by atoms with van der Waals surface area (Å²) in [4.78, 5) is 19.6. The minimum absolute atomic E-state index is 0.0330. The van der Waals surface area contributed by atoms with E-state index in [1.807, 2.05) is 60.4 Å². The Morgan fingerprint density at radius 1 is 1.20 bits per heavy atom. The molecular weight excluding hydrogens is 332 g/mol. The van der Waals surface area contributed by atoms with Crippen LogP contribution < -0.4 is 4.74 Å². The number of hydrogen-bond donors (Lipinski definition) is 0. The molecule has 128 valence electrons. The van der Waals surface area contributed by atoms with Gasteiger partial charge in [0.15, 0.2) is 6.10 Å². The van der Waals surface area contributed by atoms with Crippen molar-refractivity contribution in [3.8, 4) is 5.75 Å². The lowest BCUT2D eigenvalue weighted by Gasteiger charge is -2.26. The molecule has 2 unspecified atom stereocenters. The molecule has 5 heteroatoms. The highest BCUT2D eigenvalue weighted by molar-refractivity contribution is 7.18. The quantitative estimate of drug-likeness (QED) is 0.698. The van der Waals surface area contributed by atoms with Gasteiger partial charge in [-0.1, -0.05) is 30.3 Å². The summed E-state index contributed by atoms with van der Waals surface area (Å²) in [6.45, 7) is 2.59. The minimum atomic E-state index is -0.502. The van der Waals surface area contributed by atoms with E-state index in [1.54, 1.807) is 11.3 Å². The number of rotatable bonds is 4. The number of ether oxygens (including phenoxy) is 1. The maximum atomic E-state index is 12.9. The van der Waals surface area contributed by atoms with Gasteiger partial charge in [-0.2, -0.15) is 0 Å². The summed E-state index contributed by atoms with van der Waals surface area (Å²) in [5.41, 5.74) is 1.01. The Morgan fingerprint density at radius 2 is 1.96 bits per heavy atom. The van der Waals surface area contributed by atoms with Crippen LogP contribution in [0.1, 0.15) is 30.8 Å². The summed E-state index contributed by atoms with van der Waals surface area (Å²) >= 11 is 1.69. The highest BCUT2D eigenvalue weighted by atomic mass is 32.1. The third kappa shape index (κ3) is 3.24. The first kappa shape index (κ1) is 16.1. The van der Waals surface area contributed by atoms with Crippen LogP contribution in [0.5, 0.6) is 5.75 Å². The Hall–Kier alpha value is -2.40. The Morgan fingerprint density at radius 3 is 2.76 bits per heavy atom. The molecule has 1 aliphatic rings. The van der Waals surface area contributed by atoms with E-state index in [0.717, 1.165) is 35.7 Å². The number of carbonyl (C=O) groups is 1. The van der Waals surface area contributed by atoms with Crippen molar-refractivity contribution < 1.29 is 9.53 Å². The molecule has 2 atom stereocenters. The Labute approximate surface area is 151 Å². The molecule has 2 aromatic carbocycles. The second-order valence-corrected chi connectivity index (χ2v) is 7.34. The van der Waals surface area contributed by atoms with Gasteiger partial charge in [0.2, 0.25) is 0 Å². The van der Waals surface area contributed by atoms with Crippen molar-refractivity contribution >= 4 is 27.5 Å². The molecule has 0 bridgehead atoms. The third-order valence-electron chi connectivity index (χ3n) is 4.54. The Balaban J connectivity index is 1.53. The van der Waals surface area contributed by atoms with E-state index in [4.69, 9.17) is 9.72 Å². The van der Waals surface area contributed by atoms with Gasteiger partial charge in [0.05, 0.1) is 16.3 Å². The Kier molecular flexibility index (Phi) is 4.40. The number of carbonyl (C=O) groups excluding carboxylic acids is 1. The van der Waals surface area contributed by atoms with E-state index in [9.17, 15) is 4.79 Å². The molecule has 0 aliphatic carbocycles. The van der Waals surface area contributed by atoms with Gasteiger partial charge in [-0.3, -0.25) is 4.79 Å². The summed E-state index contributed by atoms with van der Waals surface area (Å²) in [5, 5.41) is 1.03. The molecule has 1 amide bonds. The van der Waals surface area contributed by atoms with Crippen molar-refractivity contribution in [3.63, 3.8) is 0 Å². The number of para-hydroxylation sites is 2. The largest absolute Gasteiger partial charge is 0.481 e. The highest BCUT2D eigenvalue weighted by Crippen LogP contribution is 2.36. The number of fused-ring (bicyclic) bond motifs is 1. The van der Waals surface area contributed by atoms with Gasteiger partial charge in [-0.15, -0.1) is 11.3 Å². The van der Waals surface area contributed by atoms with Gasteiger partial charge < -0.3 is 9.64 Å². The van der Waals surface area contributed by atoms with Crippen LogP contribution in [0.15, 0.2) is 54.6 Å². The molecule has 25 heavy (non-hydrogen) atoms. The van der Waals surface area contributed by atoms with E-state index in [-0.39, 0.29) is 11.9 Å². The monoisotopic (exact) mass is 352 g/mol. The number of hydrogen-bond acceptors (Lipinski definition) is 4. The third-order valence-corrected chi connectivity index (χ3v) is 5.67. The summed E-state index contributed by atoms with van der Waals surface area (Å²) in [6, 6.07) is 17.7. The van der Waals surface area contributed by atoms with Crippen LogP contribution >= 0.6 is 11.3 Å². The number of thiazole rings is 1. The van der Waals surface area contributed by atoms with Crippen LogP contribution in [0.3, 0.4) is 0 Å². The lowest BCUT2D eigenvalue weighted by molar-refractivity contribution is -0.138. The van der Waals surface area contributed by atoms with Gasteiger partial charge in [0, 0.05) is 6.54 Å². The summed E-state index contributed by atoms with van der Waals surface area (Å²) in [6.07, 6.45) is 1.46. The van der Waals surface area contributed by atoms with Crippen LogP contribution in [0.4, 0.5) is 0 Å². The standard InChI is InChI=1S/C20H20N2O2S/c1-14(24-15-8-3-2-4-9-15)20(23)22-13-7-11-17(22)19-21-16-10-5-6-12-18(16)25-19/h2-6,8-10,12,14,17H,7,11,13H2,1H3.